The number of nitrogens with zero attached hydrogens (tertiary/aromatic N) is 6. The Balaban J connectivity index is 1.00. The first kappa shape index (κ1) is 31.0. The maximum Gasteiger partial charge on any atom is 0.213 e. The summed E-state index contributed by atoms with van der Waals surface area (Å²) in [6, 6.07) is 6.51. The molecule has 1 atom stereocenters. The van der Waals surface area contributed by atoms with Crippen molar-refractivity contribution in [2.24, 2.45) is 11.8 Å². The van der Waals surface area contributed by atoms with Crippen molar-refractivity contribution >= 4 is 17.3 Å². The number of aliphatic hydroxyl groups excluding tert-OH is 1. The molecule has 6 heterocycles. The third-order valence-electron chi connectivity index (χ3n) is 10.0. The van der Waals surface area contributed by atoms with Crippen LogP contribution < -0.4 is 20.3 Å². The van der Waals surface area contributed by atoms with Crippen LogP contribution in [0.15, 0.2) is 30.6 Å². The predicted molar refractivity (Wildman–Crippen MR) is 175 cm³/mol. The van der Waals surface area contributed by atoms with E-state index >= 15 is 0 Å². The Morgan fingerprint density at radius 2 is 1.86 bits per heavy atom. The van der Waals surface area contributed by atoms with Gasteiger partial charge >= 0.3 is 0 Å². The minimum absolute atomic E-state index is 0.201. The first-order valence-corrected chi connectivity index (χ1v) is 17.2. The highest BCUT2D eigenvalue weighted by Crippen LogP contribution is 2.29. The van der Waals surface area contributed by atoms with Crippen LogP contribution in [-0.2, 0) is 13.0 Å². The number of likely N-dealkylation sites (tertiary alicyclic amines) is 1. The first-order chi connectivity index (χ1) is 21.7. The van der Waals surface area contributed by atoms with Crippen LogP contribution in [0.25, 0.3) is 5.65 Å². The Kier molecular flexibility index (Phi) is 10.8. The highest BCUT2D eigenvalue weighted by Gasteiger charge is 2.25. The average Bonchev–Trinajstić information content (AvgIpc) is 3.49. The fourth-order valence-electron chi connectivity index (χ4n) is 7.28. The number of aromatic nitrogens is 4. The quantitative estimate of drug-likeness (QED) is 0.260. The molecule has 0 spiro atoms. The second-order valence-electron chi connectivity index (χ2n) is 13.0. The van der Waals surface area contributed by atoms with Gasteiger partial charge in [-0.3, -0.25) is 0 Å². The van der Waals surface area contributed by atoms with Gasteiger partial charge in [0.05, 0.1) is 12.8 Å². The summed E-state index contributed by atoms with van der Waals surface area (Å²) < 4.78 is 7.98. The molecule has 3 aromatic heterocycles. The number of fused-ring (bicyclic) bond motifs is 1. The fourth-order valence-corrected chi connectivity index (χ4v) is 7.28. The Hall–Kier alpha value is -2.95. The molecule has 3 saturated heterocycles. The van der Waals surface area contributed by atoms with Gasteiger partial charge in [-0.15, -0.1) is 0 Å². The van der Waals surface area contributed by atoms with Gasteiger partial charge in [-0.05, 0) is 108 Å². The number of aliphatic hydroxyl groups is 1. The maximum atomic E-state index is 9.66. The normalized spacial score (nSPS) is 20.8. The number of hydrogen-bond donors (Lipinski definition) is 3. The Labute approximate surface area is 262 Å². The van der Waals surface area contributed by atoms with E-state index in [1.165, 1.54) is 64.8 Å². The van der Waals surface area contributed by atoms with E-state index in [-0.39, 0.29) is 6.61 Å². The molecule has 3 aromatic rings. The second-order valence-corrected chi connectivity index (χ2v) is 13.0. The van der Waals surface area contributed by atoms with Crippen molar-refractivity contribution in [3.8, 4) is 5.88 Å². The lowest BCUT2D eigenvalue weighted by atomic mass is 9.92. The summed E-state index contributed by atoms with van der Waals surface area (Å²) in [5.41, 5.74) is 3.12. The van der Waals surface area contributed by atoms with Crippen molar-refractivity contribution in [3.63, 3.8) is 0 Å². The predicted octanol–water partition coefficient (Wildman–Crippen LogP) is 4.52. The van der Waals surface area contributed by atoms with Crippen molar-refractivity contribution in [3.05, 3.63) is 41.7 Å². The van der Waals surface area contributed by atoms with Crippen molar-refractivity contribution in [2.75, 3.05) is 62.7 Å². The maximum absolute atomic E-state index is 9.66. The van der Waals surface area contributed by atoms with Crippen molar-refractivity contribution in [1.29, 1.82) is 0 Å². The smallest absolute Gasteiger partial charge is 0.213 e. The van der Waals surface area contributed by atoms with E-state index in [0.717, 1.165) is 85.5 Å². The van der Waals surface area contributed by atoms with Crippen LogP contribution in [0.4, 0.5) is 11.6 Å². The number of ether oxygens (including phenoxy) is 1. The minimum Gasteiger partial charge on any atom is -0.478 e. The summed E-state index contributed by atoms with van der Waals surface area (Å²) in [6.45, 7) is 10.8. The van der Waals surface area contributed by atoms with E-state index in [9.17, 15) is 5.11 Å². The van der Waals surface area contributed by atoms with Crippen molar-refractivity contribution in [1.82, 2.24) is 29.8 Å². The highest BCUT2D eigenvalue weighted by molar-refractivity contribution is 5.61. The van der Waals surface area contributed by atoms with Crippen molar-refractivity contribution < 1.29 is 9.84 Å². The van der Waals surface area contributed by atoms with E-state index in [2.05, 4.69) is 49.6 Å². The molecule has 0 bridgehead atoms. The van der Waals surface area contributed by atoms with Crippen LogP contribution in [-0.4, -0.2) is 88.1 Å². The monoisotopic (exact) mass is 604 g/mol. The van der Waals surface area contributed by atoms with Crippen molar-refractivity contribution in [2.45, 2.75) is 83.7 Å². The van der Waals surface area contributed by atoms with E-state index in [1.54, 1.807) is 0 Å². The number of hydrogen-bond acceptors (Lipinski definition) is 9. The fraction of sp³-hybridized carbons (Fsp3) is 0.676. The number of piperidine rings is 3. The summed E-state index contributed by atoms with van der Waals surface area (Å²) >= 11 is 0. The molecule has 3 aliphatic heterocycles. The molecule has 6 rings (SSSR count). The largest absolute Gasteiger partial charge is 0.478 e. The van der Waals surface area contributed by atoms with Crippen LogP contribution in [0.3, 0.4) is 0 Å². The minimum atomic E-state index is 0.201. The molecule has 10 heteroatoms. The summed E-state index contributed by atoms with van der Waals surface area (Å²) in [7, 11) is 0. The highest BCUT2D eigenvalue weighted by atomic mass is 16.5. The molecule has 3 fully saturated rings. The zero-order valence-corrected chi connectivity index (χ0v) is 26.6. The number of aryl methyl sites for hydroxylation is 1. The molecular formula is C34H52N8O2. The molecule has 0 aromatic carbocycles. The lowest BCUT2D eigenvalue weighted by Gasteiger charge is -2.36. The molecule has 0 unspecified atom stereocenters. The Morgan fingerprint density at radius 3 is 2.64 bits per heavy atom. The Morgan fingerprint density at radius 1 is 1.00 bits per heavy atom. The van der Waals surface area contributed by atoms with Crippen LogP contribution in [0.5, 0.6) is 5.88 Å². The van der Waals surface area contributed by atoms with Gasteiger partial charge in [-0.25, -0.2) is 9.97 Å². The summed E-state index contributed by atoms with van der Waals surface area (Å²) in [5.74, 6) is 4.21. The molecule has 0 aliphatic carbocycles. The summed E-state index contributed by atoms with van der Waals surface area (Å²) in [6.07, 6.45) is 15.3. The number of pyridine rings is 1. The standard InChI is InChI=1S/C34H52N8O2/c1-2-29-24-38-42-31(21-32(39-34(29)42)41-16-4-3-5-30(41)12-19-43)36-22-28-6-7-33(37-23-28)44-20-13-26-10-17-40(18-11-26)25-27-8-14-35-15-9-27/h6-7,21,23-24,26-27,30,35-36,43H,2-5,8-20,22,25H2,1H3/t30-/m0/s1. The molecule has 240 valence electrons. The second kappa shape index (κ2) is 15.4. The van der Waals surface area contributed by atoms with E-state index in [1.807, 2.05) is 23.0 Å². The number of nitrogens with one attached hydrogen (secondary N) is 2. The van der Waals surface area contributed by atoms with Gasteiger partial charge in [0.2, 0.25) is 5.88 Å². The SMILES string of the molecule is CCc1cnn2c(NCc3ccc(OCCC4CCN(CC5CCNCC5)CC4)nc3)cc(N3CCCC[C@H]3CCO)nc12. The van der Waals surface area contributed by atoms with Crippen LogP contribution >= 0.6 is 0 Å². The van der Waals surface area contributed by atoms with Gasteiger partial charge in [0.15, 0.2) is 5.65 Å². The molecule has 44 heavy (non-hydrogen) atoms. The average molecular weight is 605 g/mol. The van der Waals surface area contributed by atoms with Crippen LogP contribution in [0.2, 0.25) is 0 Å². The zero-order valence-electron chi connectivity index (χ0n) is 26.6. The molecule has 3 N–H and O–H groups in total. The van der Waals surface area contributed by atoms with Gasteiger partial charge in [0.25, 0.3) is 0 Å². The molecule has 3 aliphatic rings. The van der Waals surface area contributed by atoms with E-state index < -0.39 is 0 Å². The molecule has 0 radical (unpaired) electrons. The van der Waals surface area contributed by atoms with Crippen LogP contribution in [0.1, 0.15) is 75.8 Å². The van der Waals surface area contributed by atoms with Gasteiger partial charge in [0.1, 0.15) is 11.6 Å². The van der Waals surface area contributed by atoms with Gasteiger partial charge in [-0.2, -0.15) is 9.61 Å². The molecular weight excluding hydrogens is 552 g/mol. The van der Waals surface area contributed by atoms with Crippen LogP contribution in [0, 0.1) is 11.8 Å². The van der Waals surface area contributed by atoms with E-state index in [4.69, 9.17) is 9.72 Å². The lowest BCUT2D eigenvalue weighted by molar-refractivity contribution is 0.135. The summed E-state index contributed by atoms with van der Waals surface area (Å²) in [4.78, 5) is 14.7. The lowest BCUT2D eigenvalue weighted by Crippen LogP contribution is -2.40. The topological polar surface area (TPSA) is 103 Å². The molecule has 10 nitrogen and oxygen atoms in total. The zero-order chi connectivity index (χ0) is 30.1. The van der Waals surface area contributed by atoms with E-state index in [0.29, 0.717) is 18.5 Å². The third-order valence-corrected chi connectivity index (χ3v) is 10.0. The third kappa shape index (κ3) is 7.82. The van der Waals surface area contributed by atoms with Gasteiger partial charge in [-0.1, -0.05) is 13.0 Å². The number of anilines is 2. The summed E-state index contributed by atoms with van der Waals surface area (Å²) in [5, 5.41) is 21.4. The number of rotatable bonds is 13. The first-order valence-electron chi connectivity index (χ1n) is 17.2. The van der Waals surface area contributed by atoms with Gasteiger partial charge < -0.3 is 30.3 Å². The van der Waals surface area contributed by atoms with Gasteiger partial charge in [0, 0.05) is 56.2 Å². The molecule has 0 saturated carbocycles. The Bertz CT molecular complexity index is 1300. The molecule has 0 amide bonds.